The number of hydrogen-bond acceptors (Lipinski definition) is 3. The van der Waals surface area contributed by atoms with Crippen LogP contribution in [0.3, 0.4) is 0 Å². The van der Waals surface area contributed by atoms with Gasteiger partial charge in [-0.25, -0.2) is 4.98 Å². The predicted octanol–water partition coefficient (Wildman–Crippen LogP) is 2.01. The largest absolute Gasteiger partial charge is 0.380 e. The third-order valence-corrected chi connectivity index (χ3v) is 2.32. The highest BCUT2D eigenvalue weighted by Gasteiger charge is 2.25. The Balaban J connectivity index is 2.42. The van der Waals surface area contributed by atoms with Gasteiger partial charge >= 0.3 is 0 Å². The van der Waals surface area contributed by atoms with Gasteiger partial charge < -0.3 is 10.6 Å². The van der Waals surface area contributed by atoms with Gasteiger partial charge in [-0.05, 0) is 32.4 Å². The van der Waals surface area contributed by atoms with Crippen molar-refractivity contribution in [2.24, 2.45) is 0 Å². The van der Waals surface area contributed by atoms with Crippen molar-refractivity contribution in [3.05, 3.63) is 17.8 Å². The van der Waals surface area contributed by atoms with Crippen molar-refractivity contribution in [1.82, 2.24) is 4.98 Å². The van der Waals surface area contributed by atoms with E-state index in [0.29, 0.717) is 0 Å². The number of pyridine rings is 1. The molecule has 3 heteroatoms. The summed E-state index contributed by atoms with van der Waals surface area (Å²) in [5.41, 5.74) is 2.48. The number of aryl methyl sites for hydroxylation is 1. The van der Waals surface area contributed by atoms with Gasteiger partial charge in [0.1, 0.15) is 5.82 Å². The summed E-state index contributed by atoms with van der Waals surface area (Å²) in [6.07, 6.45) is 1.84. The number of nitrogens with one attached hydrogen (secondary N) is 2. The summed E-state index contributed by atoms with van der Waals surface area (Å²) < 4.78 is 0. The molecule has 1 aliphatic rings. The van der Waals surface area contributed by atoms with Crippen molar-refractivity contribution in [3.63, 3.8) is 0 Å². The van der Waals surface area contributed by atoms with E-state index in [9.17, 15) is 0 Å². The Morgan fingerprint density at radius 3 is 3.00 bits per heavy atom. The molecule has 0 fully saturated rings. The molecule has 0 atom stereocenters. The fraction of sp³-hybridized carbons (Fsp3) is 0.500. The van der Waals surface area contributed by atoms with E-state index in [-0.39, 0.29) is 5.54 Å². The Bertz CT molecular complexity index is 331. The topological polar surface area (TPSA) is 37.0 Å². The van der Waals surface area contributed by atoms with Crippen molar-refractivity contribution < 1.29 is 0 Å². The average Bonchev–Trinajstić information content (AvgIpc) is 2.02. The minimum Gasteiger partial charge on any atom is -0.380 e. The van der Waals surface area contributed by atoms with Crippen molar-refractivity contribution in [3.8, 4) is 0 Å². The average molecular weight is 177 g/mol. The van der Waals surface area contributed by atoms with Gasteiger partial charge in [0.25, 0.3) is 0 Å². The summed E-state index contributed by atoms with van der Waals surface area (Å²) in [7, 11) is 0. The fourth-order valence-corrected chi connectivity index (χ4v) is 1.55. The van der Waals surface area contributed by atoms with Crippen LogP contribution in [0.25, 0.3) is 0 Å². The van der Waals surface area contributed by atoms with Crippen LogP contribution >= 0.6 is 0 Å². The number of fused-ring (bicyclic) bond motifs is 1. The lowest BCUT2D eigenvalue weighted by Gasteiger charge is -2.34. The van der Waals surface area contributed by atoms with Crippen molar-refractivity contribution >= 4 is 11.5 Å². The molecule has 3 nitrogen and oxygen atoms in total. The molecule has 0 saturated heterocycles. The van der Waals surface area contributed by atoms with Crippen LogP contribution in [-0.4, -0.2) is 17.1 Å². The van der Waals surface area contributed by atoms with E-state index in [1.807, 2.05) is 12.3 Å². The minimum atomic E-state index is 0.0911. The second-order valence-corrected chi connectivity index (χ2v) is 4.21. The highest BCUT2D eigenvalue weighted by atomic mass is 15.1. The summed E-state index contributed by atoms with van der Waals surface area (Å²) in [6, 6.07) is 2.02. The maximum Gasteiger partial charge on any atom is 0.150 e. The molecule has 1 aromatic rings. The third-order valence-electron chi connectivity index (χ3n) is 2.32. The molecule has 2 N–H and O–H groups in total. The number of nitrogens with zero attached hydrogens (tertiary/aromatic N) is 1. The SMILES string of the molecule is Cc1ccnc2c1NCC(C)(C)N2. The molecular formula is C10H15N3. The third kappa shape index (κ3) is 1.46. The molecule has 70 valence electrons. The standard InChI is InChI=1S/C10H15N3/c1-7-4-5-11-9-8(7)12-6-10(2,3)13-9/h4-5,12H,6H2,1-3H3,(H,11,13). The Kier molecular flexibility index (Phi) is 1.68. The molecule has 1 aromatic heterocycles. The molecule has 0 spiro atoms. The predicted molar refractivity (Wildman–Crippen MR) is 55.2 cm³/mol. The van der Waals surface area contributed by atoms with Crippen LogP contribution in [0.5, 0.6) is 0 Å². The Hall–Kier alpha value is -1.25. The zero-order valence-corrected chi connectivity index (χ0v) is 8.31. The van der Waals surface area contributed by atoms with Gasteiger partial charge in [-0.3, -0.25) is 0 Å². The molecule has 0 saturated carbocycles. The first-order valence-electron chi connectivity index (χ1n) is 4.56. The van der Waals surface area contributed by atoms with Crippen molar-refractivity contribution in [2.75, 3.05) is 17.2 Å². The molecule has 1 aliphatic heterocycles. The maximum absolute atomic E-state index is 4.30. The Labute approximate surface area is 78.6 Å². The van der Waals surface area contributed by atoms with Crippen LogP contribution in [0.15, 0.2) is 12.3 Å². The number of anilines is 2. The molecular weight excluding hydrogens is 162 g/mol. The summed E-state index contributed by atoms with van der Waals surface area (Å²) >= 11 is 0. The second kappa shape index (κ2) is 2.62. The van der Waals surface area contributed by atoms with Gasteiger partial charge in [-0.2, -0.15) is 0 Å². The van der Waals surface area contributed by atoms with Crippen LogP contribution < -0.4 is 10.6 Å². The number of rotatable bonds is 0. The summed E-state index contributed by atoms with van der Waals surface area (Å²) in [4.78, 5) is 4.30. The maximum atomic E-state index is 4.30. The van der Waals surface area contributed by atoms with E-state index in [1.54, 1.807) is 0 Å². The molecule has 0 radical (unpaired) electrons. The Morgan fingerprint density at radius 2 is 2.23 bits per heavy atom. The van der Waals surface area contributed by atoms with E-state index in [2.05, 4.69) is 36.4 Å². The monoisotopic (exact) mass is 177 g/mol. The molecule has 13 heavy (non-hydrogen) atoms. The lowest BCUT2D eigenvalue weighted by Crippen LogP contribution is -2.42. The quantitative estimate of drug-likeness (QED) is 0.636. The van der Waals surface area contributed by atoms with Gasteiger partial charge in [0.05, 0.1) is 11.2 Å². The molecule has 0 unspecified atom stereocenters. The van der Waals surface area contributed by atoms with Gasteiger partial charge in [0.2, 0.25) is 0 Å². The molecule has 0 aromatic carbocycles. The summed E-state index contributed by atoms with van der Waals surface area (Å²) in [6.45, 7) is 7.35. The fourth-order valence-electron chi connectivity index (χ4n) is 1.55. The zero-order valence-electron chi connectivity index (χ0n) is 8.31. The lowest BCUT2D eigenvalue weighted by molar-refractivity contribution is 0.584. The molecule has 2 heterocycles. The highest BCUT2D eigenvalue weighted by molar-refractivity contribution is 5.71. The minimum absolute atomic E-state index is 0.0911. The smallest absolute Gasteiger partial charge is 0.150 e. The Morgan fingerprint density at radius 1 is 1.46 bits per heavy atom. The van der Waals surface area contributed by atoms with E-state index >= 15 is 0 Å². The van der Waals surface area contributed by atoms with E-state index in [0.717, 1.165) is 18.1 Å². The first-order valence-corrected chi connectivity index (χ1v) is 4.56. The number of aromatic nitrogens is 1. The molecule has 2 rings (SSSR count). The van der Waals surface area contributed by atoms with Crippen LogP contribution in [0.2, 0.25) is 0 Å². The van der Waals surface area contributed by atoms with E-state index in [4.69, 9.17) is 0 Å². The highest BCUT2D eigenvalue weighted by Crippen LogP contribution is 2.29. The van der Waals surface area contributed by atoms with Gasteiger partial charge in [-0.15, -0.1) is 0 Å². The van der Waals surface area contributed by atoms with Gasteiger partial charge in [0.15, 0.2) is 0 Å². The summed E-state index contributed by atoms with van der Waals surface area (Å²) in [5, 5.41) is 6.80. The molecule has 0 amide bonds. The van der Waals surface area contributed by atoms with Crippen molar-refractivity contribution in [1.29, 1.82) is 0 Å². The first kappa shape index (κ1) is 8.35. The molecule has 0 bridgehead atoms. The normalized spacial score (nSPS) is 18.4. The van der Waals surface area contributed by atoms with Crippen molar-refractivity contribution in [2.45, 2.75) is 26.3 Å². The number of hydrogen-bond donors (Lipinski definition) is 2. The van der Waals surface area contributed by atoms with Gasteiger partial charge in [0, 0.05) is 12.7 Å². The second-order valence-electron chi connectivity index (χ2n) is 4.21. The van der Waals surface area contributed by atoms with E-state index < -0.39 is 0 Å². The van der Waals surface area contributed by atoms with Crippen LogP contribution in [0.1, 0.15) is 19.4 Å². The first-order chi connectivity index (χ1) is 6.08. The lowest BCUT2D eigenvalue weighted by atomic mass is 10.0. The van der Waals surface area contributed by atoms with E-state index in [1.165, 1.54) is 5.56 Å². The molecule has 0 aliphatic carbocycles. The summed E-state index contributed by atoms with van der Waals surface area (Å²) in [5.74, 6) is 0.969. The van der Waals surface area contributed by atoms with Gasteiger partial charge in [-0.1, -0.05) is 0 Å². The van der Waals surface area contributed by atoms with Crippen LogP contribution in [0.4, 0.5) is 11.5 Å². The van der Waals surface area contributed by atoms with Crippen LogP contribution in [-0.2, 0) is 0 Å². The zero-order chi connectivity index (χ0) is 9.47. The van der Waals surface area contributed by atoms with Crippen LogP contribution in [0, 0.1) is 6.92 Å².